The van der Waals surface area contributed by atoms with Crippen molar-refractivity contribution < 1.29 is 27.9 Å². The van der Waals surface area contributed by atoms with E-state index in [9.17, 15) is 9.36 Å². The van der Waals surface area contributed by atoms with Crippen LogP contribution in [0.25, 0.3) is 10.9 Å². The maximum Gasteiger partial charge on any atom is 0.345 e. The van der Waals surface area contributed by atoms with Crippen LogP contribution in [0.4, 0.5) is 0 Å². The predicted molar refractivity (Wildman–Crippen MR) is 99.8 cm³/mol. The zero-order valence-corrected chi connectivity index (χ0v) is 16.5. The summed E-state index contributed by atoms with van der Waals surface area (Å²) in [5.74, 6) is 0.110. The van der Waals surface area contributed by atoms with E-state index in [2.05, 4.69) is 4.98 Å². The van der Waals surface area contributed by atoms with Gasteiger partial charge in [0.25, 0.3) is 0 Å². The minimum atomic E-state index is -3.67. The lowest BCUT2D eigenvalue weighted by atomic mass is 10.1. The van der Waals surface area contributed by atoms with Crippen LogP contribution in [-0.2, 0) is 29.6 Å². The van der Waals surface area contributed by atoms with Crippen molar-refractivity contribution in [2.24, 2.45) is 0 Å². The van der Waals surface area contributed by atoms with E-state index < -0.39 is 19.2 Å². The molecular weight excluding hydrogens is 357 g/mol. The van der Waals surface area contributed by atoms with Gasteiger partial charge in [-0.25, -0.2) is 0 Å². The summed E-state index contributed by atoms with van der Waals surface area (Å²) in [6.45, 7) is 5.67. The molecule has 0 amide bonds. The van der Waals surface area contributed by atoms with E-state index in [1.54, 1.807) is 34.1 Å². The van der Waals surface area contributed by atoms with Crippen molar-refractivity contribution in [2.75, 3.05) is 26.9 Å². The molecule has 7 nitrogen and oxygen atoms in total. The smallest absolute Gasteiger partial charge is 0.345 e. The van der Waals surface area contributed by atoms with Crippen LogP contribution in [0.15, 0.2) is 24.4 Å². The number of carbonyl (C=O) groups is 1. The van der Waals surface area contributed by atoms with Crippen molar-refractivity contribution in [1.82, 2.24) is 4.98 Å². The maximum absolute atomic E-state index is 13.2. The number of H-pyrrole nitrogens is 1. The van der Waals surface area contributed by atoms with E-state index in [-0.39, 0.29) is 26.2 Å². The number of carbonyl (C=O) groups excluding carboxylic acids is 1. The molecule has 0 aliphatic carbocycles. The summed E-state index contributed by atoms with van der Waals surface area (Å²) in [7, 11) is -2.08. The molecule has 2 aromatic rings. The number of ether oxygens (including phenoxy) is 2. The summed E-state index contributed by atoms with van der Waals surface area (Å²) in [6.07, 6.45) is 1.96. The highest BCUT2D eigenvalue weighted by Gasteiger charge is 2.42. The highest BCUT2D eigenvalue weighted by molar-refractivity contribution is 7.55. The van der Waals surface area contributed by atoms with Crippen molar-refractivity contribution in [1.29, 1.82) is 0 Å². The third kappa shape index (κ3) is 4.47. The van der Waals surface area contributed by atoms with Crippen LogP contribution in [0, 0.1) is 0 Å². The molecular formula is C18H26NO6P. The molecule has 1 unspecified atom stereocenters. The van der Waals surface area contributed by atoms with Crippen LogP contribution in [-0.4, -0.2) is 43.5 Å². The first-order valence-electron chi connectivity index (χ1n) is 8.68. The van der Waals surface area contributed by atoms with Crippen molar-refractivity contribution in [3.63, 3.8) is 0 Å². The number of nitrogens with one attached hydrogen (secondary N) is 1. The van der Waals surface area contributed by atoms with Gasteiger partial charge in [0.05, 0.1) is 26.9 Å². The van der Waals surface area contributed by atoms with Crippen LogP contribution < -0.4 is 4.74 Å². The van der Waals surface area contributed by atoms with Gasteiger partial charge in [0.1, 0.15) is 5.75 Å². The van der Waals surface area contributed by atoms with Crippen molar-refractivity contribution in [2.45, 2.75) is 32.9 Å². The second-order valence-corrected chi connectivity index (χ2v) is 7.79. The Bertz CT molecular complexity index is 777. The quantitative estimate of drug-likeness (QED) is 0.494. The highest BCUT2D eigenvalue weighted by atomic mass is 31.2. The molecule has 1 heterocycles. The fraction of sp³-hybridized carbons (Fsp3) is 0.500. The van der Waals surface area contributed by atoms with Crippen molar-refractivity contribution in [3.05, 3.63) is 30.0 Å². The fourth-order valence-corrected chi connectivity index (χ4v) is 4.71. The van der Waals surface area contributed by atoms with Crippen molar-refractivity contribution >= 4 is 24.5 Å². The monoisotopic (exact) mass is 383 g/mol. The Morgan fingerprint density at radius 1 is 1.15 bits per heavy atom. The number of hydrogen-bond donors (Lipinski definition) is 1. The minimum Gasteiger partial charge on any atom is -0.497 e. The molecule has 144 valence electrons. The van der Waals surface area contributed by atoms with Crippen molar-refractivity contribution in [3.8, 4) is 5.75 Å². The number of aromatic nitrogens is 1. The molecule has 0 fully saturated rings. The Morgan fingerprint density at radius 2 is 1.85 bits per heavy atom. The number of fused-ring (bicyclic) bond motifs is 1. The van der Waals surface area contributed by atoms with Gasteiger partial charge in [-0.2, -0.15) is 0 Å². The number of esters is 1. The van der Waals surface area contributed by atoms with Gasteiger partial charge in [-0.1, -0.05) is 0 Å². The zero-order chi connectivity index (χ0) is 19.2. The molecule has 0 aliphatic heterocycles. The predicted octanol–water partition coefficient (Wildman–Crippen LogP) is 3.92. The van der Waals surface area contributed by atoms with E-state index in [1.807, 2.05) is 18.2 Å². The third-order valence-electron chi connectivity index (χ3n) is 3.95. The van der Waals surface area contributed by atoms with Crippen LogP contribution in [0.3, 0.4) is 0 Å². The molecule has 0 saturated carbocycles. The highest BCUT2D eigenvalue weighted by Crippen LogP contribution is 2.54. The molecule has 1 aromatic carbocycles. The lowest BCUT2D eigenvalue weighted by Gasteiger charge is -2.24. The van der Waals surface area contributed by atoms with Gasteiger partial charge in [-0.05, 0) is 51.0 Å². The molecule has 0 aliphatic rings. The minimum absolute atomic E-state index is 0.170. The fourth-order valence-electron chi connectivity index (χ4n) is 2.80. The average molecular weight is 383 g/mol. The second kappa shape index (κ2) is 9.21. The van der Waals surface area contributed by atoms with Gasteiger partial charge < -0.3 is 23.5 Å². The molecule has 1 aromatic heterocycles. The standard InChI is InChI=1S/C18H26NO6P/c1-5-23-18(20)17(26(21,24-6-2)25-7-3)10-13-12-19-16-9-8-14(22-4)11-15(13)16/h8-9,11-12,17,19H,5-7,10H2,1-4H3. The summed E-state index contributed by atoms with van der Waals surface area (Å²) in [6, 6.07) is 5.61. The molecule has 8 heteroatoms. The van der Waals surface area contributed by atoms with E-state index in [0.717, 1.165) is 16.5 Å². The first-order valence-corrected chi connectivity index (χ1v) is 10.3. The van der Waals surface area contributed by atoms with Gasteiger partial charge in [-0.15, -0.1) is 0 Å². The number of hydrogen-bond acceptors (Lipinski definition) is 6. The molecule has 0 spiro atoms. The Labute approximate surface area is 153 Å². The summed E-state index contributed by atoms with van der Waals surface area (Å²) >= 11 is 0. The summed E-state index contributed by atoms with van der Waals surface area (Å²) < 4.78 is 34.5. The van der Waals surface area contributed by atoms with E-state index in [4.69, 9.17) is 18.5 Å². The number of benzene rings is 1. The summed E-state index contributed by atoms with van der Waals surface area (Å²) in [5, 5.41) is 0.887. The normalized spacial score (nSPS) is 12.9. The van der Waals surface area contributed by atoms with Gasteiger partial charge in [0.15, 0.2) is 5.66 Å². The number of methoxy groups -OCH3 is 1. The van der Waals surface area contributed by atoms with E-state index in [1.165, 1.54) is 0 Å². The first-order chi connectivity index (χ1) is 12.5. The molecule has 26 heavy (non-hydrogen) atoms. The molecule has 1 atom stereocenters. The molecule has 0 saturated heterocycles. The third-order valence-corrected chi connectivity index (χ3v) is 6.34. The van der Waals surface area contributed by atoms with Gasteiger partial charge in [0.2, 0.25) is 0 Å². The zero-order valence-electron chi connectivity index (χ0n) is 15.6. The van der Waals surface area contributed by atoms with Gasteiger partial charge in [-0.3, -0.25) is 9.36 Å². The van der Waals surface area contributed by atoms with Crippen LogP contribution in [0.1, 0.15) is 26.3 Å². The molecule has 0 bridgehead atoms. The number of rotatable bonds is 10. The topological polar surface area (TPSA) is 86.9 Å². The lowest BCUT2D eigenvalue weighted by molar-refractivity contribution is -0.143. The second-order valence-electron chi connectivity index (χ2n) is 5.57. The van der Waals surface area contributed by atoms with Crippen LogP contribution in [0.2, 0.25) is 0 Å². The Morgan fingerprint density at radius 3 is 2.42 bits per heavy atom. The Kier molecular flexibility index (Phi) is 7.26. The maximum atomic E-state index is 13.2. The average Bonchev–Trinajstić information content (AvgIpc) is 3.02. The molecule has 0 radical (unpaired) electrons. The lowest BCUT2D eigenvalue weighted by Crippen LogP contribution is -2.28. The van der Waals surface area contributed by atoms with Gasteiger partial charge in [0, 0.05) is 17.1 Å². The molecule has 2 rings (SSSR count). The first kappa shape index (κ1) is 20.5. The summed E-state index contributed by atoms with van der Waals surface area (Å²) in [5.41, 5.74) is 0.676. The van der Waals surface area contributed by atoms with E-state index in [0.29, 0.717) is 5.75 Å². The molecule has 1 N–H and O–H groups in total. The Hall–Kier alpha value is -1.82. The van der Waals surface area contributed by atoms with Crippen LogP contribution >= 0.6 is 7.60 Å². The number of aromatic amines is 1. The largest absolute Gasteiger partial charge is 0.497 e. The van der Waals surface area contributed by atoms with Gasteiger partial charge >= 0.3 is 13.6 Å². The SMILES string of the molecule is CCOC(=O)C(Cc1c[nH]c2ccc(OC)cc12)P(=O)(OCC)OCC. The van der Waals surface area contributed by atoms with Crippen LogP contribution in [0.5, 0.6) is 5.75 Å². The summed E-state index contributed by atoms with van der Waals surface area (Å²) in [4.78, 5) is 15.7. The van der Waals surface area contributed by atoms with E-state index >= 15 is 0 Å². The Balaban J connectivity index is 2.43.